The number of benzene rings is 1. The van der Waals surface area contributed by atoms with E-state index in [1.54, 1.807) is 0 Å². The van der Waals surface area contributed by atoms with E-state index in [0.29, 0.717) is 12.5 Å². The quantitative estimate of drug-likeness (QED) is 0.815. The van der Waals surface area contributed by atoms with Crippen molar-refractivity contribution in [1.82, 2.24) is 4.90 Å². The number of aliphatic imine (C=N–C) groups is 1. The summed E-state index contributed by atoms with van der Waals surface area (Å²) in [7, 11) is 0. The molecule has 26 heavy (non-hydrogen) atoms. The first-order valence-corrected chi connectivity index (χ1v) is 9.73. The molecular formula is C22H31N3O. The van der Waals surface area contributed by atoms with E-state index in [9.17, 15) is 0 Å². The normalized spacial score (nSPS) is 24.5. The highest BCUT2D eigenvalue weighted by Gasteiger charge is 2.25. The molecule has 1 aromatic rings. The minimum Gasteiger partial charge on any atom is -0.361 e. The van der Waals surface area contributed by atoms with Crippen LogP contribution in [0.2, 0.25) is 0 Å². The Morgan fingerprint density at radius 1 is 1.23 bits per heavy atom. The average Bonchev–Trinajstić information content (AvgIpc) is 2.88. The lowest BCUT2D eigenvalue weighted by Gasteiger charge is -2.32. The van der Waals surface area contributed by atoms with Crippen molar-refractivity contribution < 1.29 is 4.74 Å². The van der Waals surface area contributed by atoms with E-state index in [1.165, 1.54) is 24.1 Å². The van der Waals surface area contributed by atoms with Crippen LogP contribution in [0.1, 0.15) is 31.7 Å². The van der Waals surface area contributed by atoms with Crippen LogP contribution in [-0.4, -0.2) is 42.9 Å². The fraction of sp³-hybridized carbons (Fsp3) is 0.500. The summed E-state index contributed by atoms with van der Waals surface area (Å²) in [6.45, 7) is 6.84. The van der Waals surface area contributed by atoms with Gasteiger partial charge in [-0.25, -0.2) is 0 Å². The minimum absolute atomic E-state index is 0.462. The fourth-order valence-corrected chi connectivity index (χ4v) is 3.53. The van der Waals surface area contributed by atoms with Crippen LogP contribution in [0.25, 0.3) is 0 Å². The van der Waals surface area contributed by atoms with Gasteiger partial charge in [0.25, 0.3) is 0 Å². The molecule has 2 aliphatic heterocycles. The molecular weight excluding hydrogens is 322 g/mol. The van der Waals surface area contributed by atoms with Gasteiger partial charge in [0, 0.05) is 17.8 Å². The largest absolute Gasteiger partial charge is 0.361 e. The molecule has 0 radical (unpaired) electrons. The summed E-state index contributed by atoms with van der Waals surface area (Å²) >= 11 is 0. The molecule has 1 saturated heterocycles. The van der Waals surface area contributed by atoms with Gasteiger partial charge in [-0.15, -0.1) is 0 Å². The molecule has 0 aliphatic carbocycles. The second kappa shape index (κ2) is 9.26. The van der Waals surface area contributed by atoms with E-state index >= 15 is 0 Å². The van der Waals surface area contributed by atoms with Crippen molar-refractivity contribution in [2.45, 2.75) is 38.4 Å². The summed E-state index contributed by atoms with van der Waals surface area (Å²) in [5.74, 6) is 0.543. The van der Waals surface area contributed by atoms with Gasteiger partial charge in [-0.2, -0.15) is 0 Å². The maximum atomic E-state index is 6.14. The number of piperidine rings is 1. The van der Waals surface area contributed by atoms with Crippen molar-refractivity contribution in [3.05, 3.63) is 59.8 Å². The van der Waals surface area contributed by atoms with Gasteiger partial charge in [0.05, 0.1) is 6.61 Å². The van der Waals surface area contributed by atoms with Crippen LogP contribution in [0.5, 0.6) is 0 Å². The van der Waals surface area contributed by atoms with Gasteiger partial charge in [0.1, 0.15) is 5.60 Å². The first-order chi connectivity index (χ1) is 12.7. The molecule has 0 spiro atoms. The van der Waals surface area contributed by atoms with Crippen molar-refractivity contribution in [3.8, 4) is 0 Å². The summed E-state index contributed by atoms with van der Waals surface area (Å²) in [6.07, 6.45) is 11.8. The Balaban J connectivity index is 1.53. The van der Waals surface area contributed by atoms with Crippen LogP contribution in [0.3, 0.4) is 0 Å². The maximum absolute atomic E-state index is 6.14. The van der Waals surface area contributed by atoms with Gasteiger partial charge in [-0.05, 0) is 70.1 Å². The Kier molecular flexibility index (Phi) is 6.78. The number of hydrogen-bond acceptors (Lipinski definition) is 4. The maximum Gasteiger partial charge on any atom is 0.119 e. The Morgan fingerprint density at radius 3 is 2.73 bits per heavy atom. The lowest BCUT2D eigenvalue weighted by Crippen LogP contribution is -2.35. The van der Waals surface area contributed by atoms with E-state index in [1.807, 2.05) is 24.4 Å². The van der Waals surface area contributed by atoms with Crippen molar-refractivity contribution in [1.29, 1.82) is 0 Å². The smallest absolute Gasteiger partial charge is 0.119 e. The molecule has 2 heterocycles. The van der Waals surface area contributed by atoms with Crippen LogP contribution in [0, 0.1) is 5.92 Å². The van der Waals surface area contributed by atoms with E-state index in [4.69, 9.17) is 15.5 Å². The number of ether oxygens (including phenoxy) is 1. The standard InChI is InChI=1S/C22H31N3O/c1-22(26-17-19-7-3-2-4-8-19)12-5-9-21(24-18-22)20-10-15-25(16-11-20)14-6-13-23/h2-5,7-9,12,18,20H,6,10-11,13-17,23H2,1H3. The topological polar surface area (TPSA) is 50.9 Å². The van der Waals surface area contributed by atoms with Crippen LogP contribution in [-0.2, 0) is 11.3 Å². The molecule has 4 heteroatoms. The zero-order chi connectivity index (χ0) is 18.2. The van der Waals surface area contributed by atoms with Gasteiger partial charge >= 0.3 is 0 Å². The van der Waals surface area contributed by atoms with Crippen molar-refractivity contribution in [3.63, 3.8) is 0 Å². The zero-order valence-corrected chi connectivity index (χ0v) is 15.8. The minimum atomic E-state index is -0.462. The molecule has 0 amide bonds. The van der Waals surface area contributed by atoms with Crippen molar-refractivity contribution >= 4 is 6.21 Å². The van der Waals surface area contributed by atoms with Gasteiger partial charge in [0.15, 0.2) is 0 Å². The molecule has 2 aliphatic rings. The van der Waals surface area contributed by atoms with E-state index in [2.05, 4.69) is 42.2 Å². The van der Waals surface area contributed by atoms with Crippen LogP contribution in [0.15, 0.2) is 59.2 Å². The number of allylic oxidation sites excluding steroid dienone is 3. The summed E-state index contributed by atoms with van der Waals surface area (Å²) in [4.78, 5) is 7.33. The molecule has 0 saturated carbocycles. The van der Waals surface area contributed by atoms with E-state index in [0.717, 1.165) is 32.6 Å². The molecule has 0 bridgehead atoms. The number of nitrogens with two attached hydrogens (primary N) is 1. The summed E-state index contributed by atoms with van der Waals surface area (Å²) in [5, 5.41) is 0. The predicted octanol–water partition coefficient (Wildman–Crippen LogP) is 3.55. The summed E-state index contributed by atoms with van der Waals surface area (Å²) in [5.41, 5.74) is 7.52. The molecule has 1 atom stereocenters. The Labute approximate surface area is 157 Å². The first-order valence-electron chi connectivity index (χ1n) is 9.73. The molecule has 0 aromatic heterocycles. The van der Waals surface area contributed by atoms with E-state index < -0.39 is 5.60 Å². The Bertz CT molecular complexity index is 645. The molecule has 1 aromatic carbocycles. The molecule has 2 N–H and O–H groups in total. The van der Waals surface area contributed by atoms with Crippen molar-refractivity contribution in [2.24, 2.45) is 16.6 Å². The molecule has 1 unspecified atom stereocenters. The van der Waals surface area contributed by atoms with Crippen molar-refractivity contribution in [2.75, 3.05) is 26.2 Å². The lowest BCUT2D eigenvalue weighted by molar-refractivity contribution is 0.0461. The Morgan fingerprint density at radius 2 is 2.00 bits per heavy atom. The second-order valence-electron chi connectivity index (χ2n) is 7.43. The lowest BCUT2D eigenvalue weighted by atomic mass is 9.93. The highest BCUT2D eigenvalue weighted by molar-refractivity contribution is 5.73. The highest BCUT2D eigenvalue weighted by Crippen LogP contribution is 2.28. The summed E-state index contributed by atoms with van der Waals surface area (Å²) < 4.78 is 6.14. The number of rotatable bonds is 7. The number of nitrogens with zero attached hydrogens (tertiary/aromatic N) is 2. The number of likely N-dealkylation sites (tertiary alicyclic amines) is 1. The number of hydrogen-bond donors (Lipinski definition) is 1. The highest BCUT2D eigenvalue weighted by atomic mass is 16.5. The third kappa shape index (κ3) is 5.37. The molecule has 1 fully saturated rings. The second-order valence-corrected chi connectivity index (χ2v) is 7.43. The average molecular weight is 354 g/mol. The van der Waals surface area contributed by atoms with Crippen LogP contribution in [0.4, 0.5) is 0 Å². The third-order valence-electron chi connectivity index (χ3n) is 5.24. The molecule has 140 valence electrons. The van der Waals surface area contributed by atoms with Gasteiger partial charge in [-0.3, -0.25) is 4.99 Å². The monoisotopic (exact) mass is 353 g/mol. The predicted molar refractivity (Wildman–Crippen MR) is 108 cm³/mol. The van der Waals surface area contributed by atoms with Crippen LogP contribution < -0.4 is 5.73 Å². The SMILES string of the molecule is CC1(OCc2ccccc2)C=CC=C(C2CCN(CCCN)CC2)N=C1. The third-order valence-corrected chi connectivity index (χ3v) is 5.24. The Hall–Kier alpha value is -1.75. The van der Waals surface area contributed by atoms with Gasteiger partial charge in [-0.1, -0.05) is 36.4 Å². The molecule has 4 nitrogen and oxygen atoms in total. The summed E-state index contributed by atoms with van der Waals surface area (Å²) in [6, 6.07) is 10.3. The van der Waals surface area contributed by atoms with Gasteiger partial charge < -0.3 is 15.4 Å². The van der Waals surface area contributed by atoms with Crippen LogP contribution >= 0.6 is 0 Å². The van der Waals surface area contributed by atoms with Gasteiger partial charge in [0.2, 0.25) is 0 Å². The fourth-order valence-electron chi connectivity index (χ4n) is 3.53. The molecule has 3 rings (SSSR count). The zero-order valence-electron chi connectivity index (χ0n) is 15.8. The first kappa shape index (κ1) is 19.0. The van der Waals surface area contributed by atoms with E-state index in [-0.39, 0.29) is 0 Å².